The minimum atomic E-state index is 0.490. The first kappa shape index (κ1) is 15.3. The molecule has 0 spiro atoms. The Balaban J connectivity index is 2.95. The van der Waals surface area contributed by atoms with E-state index in [0.29, 0.717) is 12.6 Å². The molecule has 0 fully saturated rings. The third-order valence-corrected chi connectivity index (χ3v) is 3.32. The Morgan fingerprint density at radius 1 is 1.33 bits per heavy atom. The molecule has 1 N–H and O–H groups in total. The highest BCUT2D eigenvalue weighted by Crippen LogP contribution is 2.34. The molecule has 3 nitrogen and oxygen atoms in total. The highest BCUT2D eigenvalue weighted by Gasteiger charge is 2.12. The van der Waals surface area contributed by atoms with Crippen LogP contribution in [0.25, 0.3) is 0 Å². The van der Waals surface area contributed by atoms with E-state index in [1.54, 1.807) is 7.11 Å². The van der Waals surface area contributed by atoms with Crippen LogP contribution < -0.4 is 14.8 Å². The van der Waals surface area contributed by atoms with Crippen LogP contribution in [0.4, 0.5) is 0 Å². The second kappa shape index (κ2) is 7.64. The molecule has 1 atom stereocenters. The van der Waals surface area contributed by atoms with E-state index < -0.39 is 0 Å². The van der Waals surface area contributed by atoms with Crippen molar-refractivity contribution in [2.45, 2.75) is 39.8 Å². The van der Waals surface area contributed by atoms with Crippen molar-refractivity contribution in [3.63, 3.8) is 0 Å². The number of hydrogen-bond donors (Lipinski definition) is 1. The summed E-state index contributed by atoms with van der Waals surface area (Å²) in [6.45, 7) is 7.74. The second-order valence-corrected chi connectivity index (χ2v) is 5.14. The van der Waals surface area contributed by atoms with Crippen molar-refractivity contribution >= 4 is 15.9 Å². The van der Waals surface area contributed by atoms with Gasteiger partial charge >= 0.3 is 0 Å². The fourth-order valence-corrected chi connectivity index (χ4v) is 2.13. The van der Waals surface area contributed by atoms with E-state index in [1.807, 2.05) is 13.0 Å². The number of hydrogen-bond acceptors (Lipinski definition) is 3. The van der Waals surface area contributed by atoms with Gasteiger partial charge in [0.25, 0.3) is 0 Å². The highest BCUT2D eigenvalue weighted by molar-refractivity contribution is 9.10. The maximum Gasteiger partial charge on any atom is 0.165 e. The van der Waals surface area contributed by atoms with Crippen molar-refractivity contribution < 1.29 is 9.47 Å². The van der Waals surface area contributed by atoms with Gasteiger partial charge in [0.1, 0.15) is 0 Å². The third-order valence-electron chi connectivity index (χ3n) is 2.86. The summed E-state index contributed by atoms with van der Waals surface area (Å²) in [6, 6.07) is 4.49. The van der Waals surface area contributed by atoms with Gasteiger partial charge in [-0.05, 0) is 32.4 Å². The van der Waals surface area contributed by atoms with Crippen LogP contribution in [0.5, 0.6) is 11.5 Å². The maximum absolute atomic E-state index is 5.69. The Morgan fingerprint density at radius 2 is 2.06 bits per heavy atom. The summed E-state index contributed by atoms with van der Waals surface area (Å²) in [5.74, 6) is 1.60. The van der Waals surface area contributed by atoms with E-state index in [9.17, 15) is 0 Å². The van der Waals surface area contributed by atoms with Gasteiger partial charge in [-0.2, -0.15) is 0 Å². The second-order valence-electron chi connectivity index (χ2n) is 4.22. The summed E-state index contributed by atoms with van der Waals surface area (Å²) < 4.78 is 12.1. The Bertz CT molecular complexity index is 382. The smallest absolute Gasteiger partial charge is 0.165 e. The minimum absolute atomic E-state index is 0.490. The molecule has 1 aromatic rings. The summed E-state index contributed by atoms with van der Waals surface area (Å²) in [6.07, 6.45) is 1.11. The first-order valence-electron chi connectivity index (χ1n) is 6.34. The number of benzene rings is 1. The van der Waals surface area contributed by atoms with Crippen molar-refractivity contribution in [3.8, 4) is 11.5 Å². The molecule has 18 heavy (non-hydrogen) atoms. The zero-order valence-electron chi connectivity index (χ0n) is 11.5. The van der Waals surface area contributed by atoms with Gasteiger partial charge in [-0.25, -0.2) is 0 Å². The van der Waals surface area contributed by atoms with Gasteiger partial charge in [0, 0.05) is 22.6 Å². The first-order valence-corrected chi connectivity index (χ1v) is 7.14. The minimum Gasteiger partial charge on any atom is -0.493 e. The van der Waals surface area contributed by atoms with E-state index in [4.69, 9.17) is 9.47 Å². The maximum atomic E-state index is 5.69. The molecule has 0 aliphatic carbocycles. The van der Waals surface area contributed by atoms with Crippen molar-refractivity contribution in [1.29, 1.82) is 0 Å². The van der Waals surface area contributed by atoms with Gasteiger partial charge in [0.15, 0.2) is 11.5 Å². The van der Waals surface area contributed by atoms with Crippen LogP contribution in [-0.2, 0) is 6.54 Å². The average molecular weight is 316 g/mol. The molecule has 1 unspecified atom stereocenters. The molecule has 0 aromatic heterocycles. The first-order chi connectivity index (χ1) is 8.62. The van der Waals surface area contributed by atoms with Gasteiger partial charge in [-0.3, -0.25) is 0 Å². The lowest BCUT2D eigenvalue weighted by molar-refractivity contribution is 0.306. The fourth-order valence-electron chi connectivity index (χ4n) is 1.64. The molecule has 1 rings (SSSR count). The van der Waals surface area contributed by atoms with Crippen molar-refractivity contribution in [1.82, 2.24) is 5.32 Å². The lowest BCUT2D eigenvalue weighted by Crippen LogP contribution is -2.24. The summed E-state index contributed by atoms with van der Waals surface area (Å²) in [7, 11) is 1.66. The molecule has 0 aliphatic rings. The number of ether oxygens (including phenoxy) is 2. The zero-order chi connectivity index (χ0) is 13.5. The lowest BCUT2D eigenvalue weighted by atomic mass is 10.1. The molecule has 0 aliphatic heterocycles. The van der Waals surface area contributed by atoms with E-state index in [2.05, 4.69) is 41.2 Å². The van der Waals surface area contributed by atoms with Gasteiger partial charge in [-0.15, -0.1) is 0 Å². The van der Waals surface area contributed by atoms with Crippen LogP contribution in [0.2, 0.25) is 0 Å². The number of methoxy groups -OCH3 is 1. The molecular formula is C14H22BrNO2. The van der Waals surface area contributed by atoms with Gasteiger partial charge in [0.05, 0.1) is 13.7 Å². The number of rotatable bonds is 7. The van der Waals surface area contributed by atoms with Crippen molar-refractivity contribution in [2.24, 2.45) is 0 Å². The van der Waals surface area contributed by atoms with E-state index >= 15 is 0 Å². The fraction of sp³-hybridized carbons (Fsp3) is 0.571. The molecule has 0 amide bonds. The van der Waals surface area contributed by atoms with Crippen LogP contribution in [0, 0.1) is 0 Å². The van der Waals surface area contributed by atoms with Crippen LogP contribution in [0.1, 0.15) is 32.8 Å². The van der Waals surface area contributed by atoms with Crippen LogP contribution in [0.15, 0.2) is 16.6 Å². The molecule has 0 saturated heterocycles. The summed E-state index contributed by atoms with van der Waals surface area (Å²) in [5, 5.41) is 3.47. The summed E-state index contributed by atoms with van der Waals surface area (Å²) >= 11 is 3.50. The van der Waals surface area contributed by atoms with E-state index in [-0.39, 0.29) is 0 Å². The Hall–Kier alpha value is -0.740. The number of nitrogens with one attached hydrogen (secondary N) is 1. The Labute approximate surface area is 118 Å². The predicted molar refractivity (Wildman–Crippen MR) is 78.5 cm³/mol. The third kappa shape index (κ3) is 4.18. The molecule has 0 radical (unpaired) electrons. The Morgan fingerprint density at radius 3 is 2.61 bits per heavy atom. The van der Waals surface area contributed by atoms with Gasteiger partial charge in [-0.1, -0.05) is 22.9 Å². The van der Waals surface area contributed by atoms with E-state index in [1.165, 1.54) is 0 Å². The quantitative estimate of drug-likeness (QED) is 0.831. The molecule has 0 saturated carbocycles. The molecule has 102 valence electrons. The predicted octanol–water partition coefficient (Wildman–Crippen LogP) is 3.74. The van der Waals surface area contributed by atoms with Gasteiger partial charge < -0.3 is 14.8 Å². The standard InChI is InChI=1S/C14H22BrNO2/c1-5-10(3)16-9-11-7-12(15)8-13(17-4)14(11)18-6-2/h7-8,10,16H,5-6,9H2,1-4H3. The monoisotopic (exact) mass is 315 g/mol. The van der Waals surface area contributed by atoms with Crippen molar-refractivity contribution in [3.05, 3.63) is 22.2 Å². The molecule has 0 bridgehead atoms. The lowest BCUT2D eigenvalue weighted by Gasteiger charge is -2.17. The number of halogens is 1. The van der Waals surface area contributed by atoms with Crippen LogP contribution in [0.3, 0.4) is 0 Å². The largest absolute Gasteiger partial charge is 0.493 e. The summed E-state index contributed by atoms with van der Waals surface area (Å²) in [5.41, 5.74) is 1.11. The van der Waals surface area contributed by atoms with Crippen LogP contribution >= 0.6 is 15.9 Å². The molecule has 0 heterocycles. The zero-order valence-corrected chi connectivity index (χ0v) is 13.1. The molecule has 1 aromatic carbocycles. The average Bonchev–Trinajstić information content (AvgIpc) is 2.38. The summed E-state index contributed by atoms with van der Waals surface area (Å²) in [4.78, 5) is 0. The molecular weight excluding hydrogens is 294 g/mol. The normalized spacial score (nSPS) is 12.3. The van der Waals surface area contributed by atoms with Gasteiger partial charge in [0.2, 0.25) is 0 Å². The van der Waals surface area contributed by atoms with Crippen molar-refractivity contribution in [2.75, 3.05) is 13.7 Å². The van der Waals surface area contributed by atoms with E-state index in [0.717, 1.165) is 34.5 Å². The Kier molecular flexibility index (Phi) is 6.50. The SMILES string of the molecule is CCOc1c(CNC(C)CC)cc(Br)cc1OC. The highest BCUT2D eigenvalue weighted by atomic mass is 79.9. The topological polar surface area (TPSA) is 30.5 Å². The molecule has 4 heteroatoms. The van der Waals surface area contributed by atoms with Crippen LogP contribution in [-0.4, -0.2) is 19.8 Å².